The highest BCUT2D eigenvalue weighted by molar-refractivity contribution is 7.98. The van der Waals surface area contributed by atoms with E-state index in [4.69, 9.17) is 0 Å². The van der Waals surface area contributed by atoms with Crippen molar-refractivity contribution >= 4 is 29.5 Å². The topological polar surface area (TPSA) is 88.2 Å². The summed E-state index contributed by atoms with van der Waals surface area (Å²) in [4.78, 5) is 38.8. The highest BCUT2D eigenvalue weighted by Gasteiger charge is 2.28. The van der Waals surface area contributed by atoms with Crippen LogP contribution >= 0.6 is 11.8 Å². The predicted octanol–water partition coefficient (Wildman–Crippen LogP) is 0.338. The van der Waals surface area contributed by atoms with Gasteiger partial charge in [-0.15, -0.1) is 11.8 Å². The van der Waals surface area contributed by atoms with Crippen molar-refractivity contribution < 1.29 is 14.4 Å². The molecule has 0 radical (unpaired) electrons. The van der Waals surface area contributed by atoms with Crippen LogP contribution in [0.15, 0.2) is 23.4 Å². The number of amides is 3. The number of nitrogens with one attached hydrogen (secondary N) is 2. The molecule has 0 bridgehead atoms. The van der Waals surface area contributed by atoms with E-state index in [9.17, 15) is 14.4 Å². The zero-order chi connectivity index (χ0) is 13.8. The third-order valence-corrected chi connectivity index (χ3v) is 3.47. The second kappa shape index (κ2) is 5.83. The lowest BCUT2D eigenvalue weighted by Gasteiger charge is -2.22. The molecular weight excluding hydrogens is 266 g/mol. The van der Waals surface area contributed by atoms with E-state index in [2.05, 4.69) is 15.6 Å². The third kappa shape index (κ3) is 3.11. The Morgan fingerprint density at radius 2 is 2.32 bits per heavy atom. The van der Waals surface area contributed by atoms with Crippen molar-refractivity contribution in [1.82, 2.24) is 15.6 Å². The highest BCUT2D eigenvalue weighted by atomic mass is 32.2. The smallest absolute Gasteiger partial charge is 0.254 e. The van der Waals surface area contributed by atoms with Crippen molar-refractivity contribution in [2.24, 2.45) is 0 Å². The van der Waals surface area contributed by atoms with Crippen molar-refractivity contribution in [3.8, 4) is 0 Å². The molecule has 2 N–H and O–H groups in total. The van der Waals surface area contributed by atoms with Gasteiger partial charge in [0.2, 0.25) is 11.8 Å². The maximum atomic E-state index is 12.1. The van der Waals surface area contributed by atoms with Crippen molar-refractivity contribution in [3.63, 3.8) is 0 Å². The number of aromatic nitrogens is 1. The number of pyridine rings is 1. The molecule has 1 aliphatic rings. The summed E-state index contributed by atoms with van der Waals surface area (Å²) in [6.07, 6.45) is 3.99. The molecule has 1 aromatic heterocycles. The lowest BCUT2D eigenvalue weighted by Crippen LogP contribution is -2.52. The van der Waals surface area contributed by atoms with Gasteiger partial charge in [-0.3, -0.25) is 19.7 Å². The quantitative estimate of drug-likeness (QED) is 0.615. The Kier molecular flexibility index (Phi) is 4.16. The molecule has 2 heterocycles. The van der Waals surface area contributed by atoms with Gasteiger partial charge in [-0.2, -0.15) is 0 Å². The molecule has 1 atom stereocenters. The molecule has 0 saturated carbocycles. The van der Waals surface area contributed by atoms with Crippen molar-refractivity contribution in [2.75, 3.05) is 6.26 Å². The molecule has 1 aromatic rings. The third-order valence-electron chi connectivity index (χ3n) is 2.75. The first-order valence-electron chi connectivity index (χ1n) is 5.75. The van der Waals surface area contributed by atoms with E-state index in [1.807, 2.05) is 6.26 Å². The van der Waals surface area contributed by atoms with Gasteiger partial charge in [0.1, 0.15) is 11.1 Å². The molecule has 1 fully saturated rings. The number of carbonyl (C=O) groups is 3. The van der Waals surface area contributed by atoms with Gasteiger partial charge in [-0.1, -0.05) is 0 Å². The van der Waals surface area contributed by atoms with Crippen LogP contribution in [-0.4, -0.2) is 35.0 Å². The molecule has 1 saturated heterocycles. The summed E-state index contributed by atoms with van der Waals surface area (Å²) in [7, 11) is 0. The molecule has 3 amide bonds. The van der Waals surface area contributed by atoms with Crippen molar-refractivity contribution in [2.45, 2.75) is 23.9 Å². The van der Waals surface area contributed by atoms with Crippen LogP contribution in [-0.2, 0) is 9.59 Å². The van der Waals surface area contributed by atoms with E-state index in [1.165, 1.54) is 11.8 Å². The van der Waals surface area contributed by atoms with E-state index >= 15 is 0 Å². The number of imide groups is 1. The Morgan fingerprint density at radius 3 is 3.00 bits per heavy atom. The molecule has 1 aliphatic heterocycles. The summed E-state index contributed by atoms with van der Waals surface area (Å²) in [6, 6.07) is 2.65. The monoisotopic (exact) mass is 279 g/mol. The minimum atomic E-state index is -0.667. The van der Waals surface area contributed by atoms with Gasteiger partial charge in [0, 0.05) is 12.6 Å². The van der Waals surface area contributed by atoms with Crippen LogP contribution in [0.25, 0.3) is 0 Å². The second-order valence-corrected chi connectivity index (χ2v) is 4.83. The average molecular weight is 279 g/mol. The molecule has 0 aliphatic carbocycles. The number of thioether (sulfide) groups is 1. The fraction of sp³-hybridized carbons (Fsp3) is 0.333. The summed E-state index contributed by atoms with van der Waals surface area (Å²) in [5.41, 5.74) is 0.430. The molecule has 100 valence electrons. The SMILES string of the molecule is CSc1ncccc1C(=O)NC1CCC(=O)NC1=O. The Bertz CT molecular complexity index is 533. The summed E-state index contributed by atoms with van der Waals surface area (Å²) in [6.45, 7) is 0. The minimum Gasteiger partial charge on any atom is -0.340 e. The number of hydrogen-bond donors (Lipinski definition) is 2. The molecule has 0 aromatic carbocycles. The highest BCUT2D eigenvalue weighted by Crippen LogP contribution is 2.17. The zero-order valence-electron chi connectivity index (χ0n) is 10.3. The second-order valence-electron chi connectivity index (χ2n) is 4.04. The molecule has 1 unspecified atom stereocenters. The van der Waals surface area contributed by atoms with E-state index < -0.39 is 11.9 Å². The number of hydrogen-bond acceptors (Lipinski definition) is 5. The van der Waals surface area contributed by atoms with Crippen LogP contribution in [0.4, 0.5) is 0 Å². The van der Waals surface area contributed by atoms with Crippen LogP contribution < -0.4 is 10.6 Å². The Labute approximate surface area is 114 Å². The first-order valence-corrected chi connectivity index (χ1v) is 6.98. The normalized spacial score (nSPS) is 18.9. The summed E-state index contributed by atoms with van der Waals surface area (Å²) in [5, 5.41) is 5.43. The standard InChI is InChI=1S/C12H13N3O3S/c1-19-12-7(3-2-6-13-12)10(17)14-8-4-5-9(16)15-11(8)18/h2-3,6,8H,4-5H2,1H3,(H,14,17)(H,15,16,18). The van der Waals surface area contributed by atoms with E-state index in [0.29, 0.717) is 17.0 Å². The largest absolute Gasteiger partial charge is 0.340 e. The average Bonchev–Trinajstić information content (AvgIpc) is 2.41. The summed E-state index contributed by atoms with van der Waals surface area (Å²) < 4.78 is 0. The van der Waals surface area contributed by atoms with Crippen molar-refractivity contribution in [3.05, 3.63) is 23.9 Å². The van der Waals surface area contributed by atoms with E-state index in [-0.39, 0.29) is 18.2 Å². The number of nitrogens with zero attached hydrogens (tertiary/aromatic N) is 1. The molecule has 7 heteroatoms. The fourth-order valence-electron chi connectivity index (χ4n) is 1.79. The van der Waals surface area contributed by atoms with Gasteiger partial charge in [0.25, 0.3) is 5.91 Å². The Morgan fingerprint density at radius 1 is 1.53 bits per heavy atom. The zero-order valence-corrected chi connectivity index (χ0v) is 11.1. The fourth-order valence-corrected chi connectivity index (χ4v) is 2.34. The van der Waals surface area contributed by atoms with Gasteiger partial charge in [0.15, 0.2) is 0 Å². The number of rotatable bonds is 3. The van der Waals surface area contributed by atoms with Crippen LogP contribution in [0, 0.1) is 0 Å². The molecular formula is C12H13N3O3S. The lowest BCUT2D eigenvalue weighted by molar-refractivity contribution is -0.134. The van der Waals surface area contributed by atoms with Crippen LogP contribution in [0.3, 0.4) is 0 Å². The summed E-state index contributed by atoms with van der Waals surface area (Å²) >= 11 is 1.36. The lowest BCUT2D eigenvalue weighted by atomic mass is 10.1. The van der Waals surface area contributed by atoms with E-state index in [0.717, 1.165) is 0 Å². The van der Waals surface area contributed by atoms with Gasteiger partial charge in [-0.25, -0.2) is 4.98 Å². The van der Waals surface area contributed by atoms with Crippen molar-refractivity contribution in [1.29, 1.82) is 0 Å². The predicted molar refractivity (Wildman–Crippen MR) is 69.7 cm³/mol. The minimum absolute atomic E-state index is 0.235. The molecule has 0 spiro atoms. The first-order chi connectivity index (χ1) is 9.11. The van der Waals surface area contributed by atoms with Gasteiger partial charge in [-0.05, 0) is 24.8 Å². The maximum Gasteiger partial charge on any atom is 0.254 e. The van der Waals surface area contributed by atoms with E-state index in [1.54, 1.807) is 18.3 Å². The van der Waals surface area contributed by atoms with Crippen LogP contribution in [0.5, 0.6) is 0 Å². The van der Waals surface area contributed by atoms with Gasteiger partial charge >= 0.3 is 0 Å². The van der Waals surface area contributed by atoms with Gasteiger partial charge < -0.3 is 5.32 Å². The molecule has 6 nitrogen and oxygen atoms in total. The van der Waals surface area contributed by atoms with Crippen LogP contribution in [0.2, 0.25) is 0 Å². The summed E-state index contributed by atoms with van der Waals surface area (Å²) in [5.74, 6) is -1.12. The molecule has 2 rings (SSSR count). The number of piperidine rings is 1. The first kappa shape index (κ1) is 13.5. The molecule has 19 heavy (non-hydrogen) atoms. The van der Waals surface area contributed by atoms with Crippen LogP contribution in [0.1, 0.15) is 23.2 Å². The Hall–Kier alpha value is -1.89. The number of carbonyl (C=O) groups excluding carboxylic acids is 3. The van der Waals surface area contributed by atoms with Gasteiger partial charge in [0.05, 0.1) is 5.56 Å². The Balaban J connectivity index is 2.09. The maximum absolute atomic E-state index is 12.1.